The molecule has 13 nitrogen and oxygen atoms in total. The lowest BCUT2D eigenvalue weighted by atomic mass is 9.37. The molecule has 13 N–H and O–H groups in total. The van der Waals surface area contributed by atoms with E-state index < -0.39 is 50.8 Å². The normalized spacial score (nSPS) is 12.3. The van der Waals surface area contributed by atoms with Crippen molar-refractivity contribution in [1.29, 1.82) is 0 Å². The summed E-state index contributed by atoms with van der Waals surface area (Å²) in [6, 6.07) is 47.3. The lowest BCUT2D eigenvalue weighted by Gasteiger charge is -2.67. The molecule has 0 aliphatic rings. The molecule has 0 saturated heterocycles. The predicted molar refractivity (Wildman–Crippen MR) is 419 cm³/mol. The summed E-state index contributed by atoms with van der Waals surface area (Å²) in [6.45, 7) is 12.0. The van der Waals surface area contributed by atoms with Crippen LogP contribution in [0.1, 0.15) is 365 Å². The van der Waals surface area contributed by atoms with E-state index in [1.165, 1.54) is 292 Å². The van der Waals surface area contributed by atoms with Gasteiger partial charge < -0.3 is 63.8 Å². The van der Waals surface area contributed by atoms with Crippen molar-refractivity contribution < 1.29 is 63.8 Å². The van der Waals surface area contributed by atoms with Crippen molar-refractivity contribution >= 4 is 34.4 Å². The second kappa shape index (κ2) is 64.7. The molecule has 17 heteroatoms. The van der Waals surface area contributed by atoms with Gasteiger partial charge >= 0.3 is 34.4 Å². The third-order valence-corrected chi connectivity index (χ3v) is 20.4. The Bertz CT molecular complexity index is 2090. The highest BCUT2D eigenvalue weighted by Crippen LogP contribution is 2.69. The van der Waals surface area contributed by atoms with E-state index in [2.05, 4.69) is 156 Å². The molecule has 0 radical (unpaired) electrons. The summed E-state index contributed by atoms with van der Waals surface area (Å²) in [5.74, 6) is 0. The number of unbranched alkanes of at least 4 members (excludes halogenated alkanes) is 40. The maximum absolute atomic E-state index is 15.5. The van der Waals surface area contributed by atoms with Crippen LogP contribution in [0.25, 0.3) is 0 Å². The quantitative estimate of drug-likeness (QED) is 0.0112. The summed E-state index contributed by atoms with van der Waals surface area (Å²) >= 11 is 0. The lowest BCUT2D eigenvalue weighted by Crippen LogP contribution is -2.69. The summed E-state index contributed by atoms with van der Waals surface area (Å²) in [5, 5.41) is 15.5. The topological polar surface area (TPSA) is 263 Å². The number of benzene rings is 4. The fourth-order valence-electron chi connectivity index (χ4n) is 15.5. The first kappa shape index (κ1) is 96.1. The number of aliphatic hydroxyl groups is 1. The first-order chi connectivity index (χ1) is 47.3. The summed E-state index contributed by atoms with van der Waals surface area (Å²) in [4.78, 5) is 86.8. The highest BCUT2D eigenvalue weighted by Gasteiger charge is 2.69. The molecule has 0 amide bonds. The molecule has 4 aromatic rings. The van der Waals surface area contributed by atoms with Gasteiger partial charge in [0, 0.05) is 10.8 Å². The fourth-order valence-corrected chi connectivity index (χ4v) is 15.5. The molecule has 0 bridgehead atoms. The Balaban J connectivity index is 0.00000528. The lowest BCUT2D eigenvalue weighted by molar-refractivity contribution is -0.162. The van der Waals surface area contributed by atoms with Gasteiger partial charge in [0.1, 0.15) is 0 Å². The van der Waals surface area contributed by atoms with Crippen LogP contribution in [0.15, 0.2) is 121 Å². The first-order valence-corrected chi connectivity index (χ1v) is 43.6. The Kier molecular flexibility index (Phi) is 63.4. The van der Waals surface area contributed by atoms with Crippen LogP contribution in [0.2, 0.25) is 0 Å². The van der Waals surface area contributed by atoms with E-state index in [0.29, 0.717) is 0 Å². The van der Waals surface area contributed by atoms with Crippen molar-refractivity contribution in [3.63, 3.8) is 0 Å². The minimum atomic E-state index is -2.62. The van der Waals surface area contributed by atoms with Gasteiger partial charge in [-0.25, -0.2) is 0 Å². The largest absolute Gasteiger partial charge is 0.389 e. The highest BCUT2D eigenvalue weighted by molar-refractivity contribution is 7.38. The van der Waals surface area contributed by atoms with Crippen LogP contribution in [-0.4, -0.2) is 69.4 Å². The van der Waals surface area contributed by atoms with E-state index >= 15 is 5.11 Å². The molecule has 0 aliphatic carbocycles. The molecule has 0 spiro atoms. The summed E-state index contributed by atoms with van der Waals surface area (Å²) in [6.07, 6.45) is 62.1. The van der Waals surface area contributed by atoms with Crippen molar-refractivity contribution in [2.45, 2.75) is 359 Å². The van der Waals surface area contributed by atoms with Gasteiger partial charge in [0.25, 0.3) is 0 Å². The highest BCUT2D eigenvalue weighted by atomic mass is 31.2. The van der Waals surface area contributed by atoms with E-state index in [1.807, 2.05) is 0 Å². The molecule has 0 saturated carbocycles. The molecule has 0 aromatic heterocycles. The van der Waals surface area contributed by atoms with Gasteiger partial charge in [-0.15, -0.1) is 0 Å². The Morgan fingerprint density at radius 2 is 0.378 bits per heavy atom. The monoisotopic (exact) mass is 1450 g/mol. The fraction of sp³-hybridized carbons (Fsp3) is 0.704. The second-order valence-electron chi connectivity index (χ2n) is 27.7. The molecule has 566 valence electrons. The van der Waals surface area contributed by atoms with Gasteiger partial charge in [-0.1, -0.05) is 438 Å². The Morgan fingerprint density at radius 3 is 0.561 bits per heavy atom. The van der Waals surface area contributed by atoms with Gasteiger partial charge in [-0.3, -0.25) is 0 Å². The molecule has 0 aliphatic heterocycles. The van der Waals surface area contributed by atoms with Crippen LogP contribution in [0.5, 0.6) is 0 Å². The zero-order valence-corrected chi connectivity index (χ0v) is 65.7. The average molecular weight is 1450 g/mol. The zero-order valence-electron chi connectivity index (χ0n) is 62.1. The van der Waals surface area contributed by atoms with Crippen molar-refractivity contribution in [1.82, 2.24) is 0 Å². The van der Waals surface area contributed by atoms with E-state index in [9.17, 15) is 0 Å². The molecular weight excluding hydrogens is 1300 g/mol. The van der Waals surface area contributed by atoms with E-state index in [0.717, 1.165) is 38.5 Å². The standard InChI is InChI=1S/C81H132O.4H3O3P/c1-6-10-14-18-22-26-30-34-38-42-58-70-79(74-62-50-46-51-63-74,71-59-43-39-35-31-27-23-19-15-11-7-2)78(5,81(75-64-52-47-53-65-75,76-66-54-48-55-67-76)77-68-56-49-57-69-77)80(82,72-60-44-40-36-32-28-24-20-16-12-8-3)73-61-45-41-37-33-29-25-21-17-13-9-4;4*1-4(2)3/h46-57,62-69,82H,6-45,58-61,70-73H2,1-5H3;4*1-3H. The van der Waals surface area contributed by atoms with Crippen molar-refractivity contribution in [3.05, 3.63) is 144 Å². The molecule has 4 rings (SSSR count). The summed E-state index contributed by atoms with van der Waals surface area (Å²) in [7, 11) is -10.5. The Morgan fingerprint density at radius 1 is 0.224 bits per heavy atom. The SMILES string of the molecule is CCCCCCCCCCCCCC(O)(CCCCCCCCCCCCC)C(C)(C(CCCCCCCCCCCCC)(CCCCCCCCCCCCC)c1ccccc1)C(c1ccccc1)(c1ccccc1)c1ccccc1.OP(O)O.OP(O)O.OP(O)O.OP(O)O. The van der Waals surface area contributed by atoms with Crippen molar-refractivity contribution in [3.8, 4) is 0 Å². The number of rotatable bonds is 55. The van der Waals surface area contributed by atoms with E-state index in [-0.39, 0.29) is 5.41 Å². The van der Waals surface area contributed by atoms with Crippen LogP contribution in [0.3, 0.4) is 0 Å². The zero-order chi connectivity index (χ0) is 72.7. The third-order valence-electron chi connectivity index (χ3n) is 20.4. The molecule has 0 heterocycles. The van der Waals surface area contributed by atoms with Crippen LogP contribution in [-0.2, 0) is 10.8 Å². The minimum Gasteiger partial charge on any atom is -0.389 e. The summed E-state index contributed by atoms with van der Waals surface area (Å²) < 4.78 is 0. The number of hydrogen-bond donors (Lipinski definition) is 13. The maximum atomic E-state index is 15.5. The summed E-state index contributed by atoms with van der Waals surface area (Å²) in [5.41, 5.74) is 2.69. The second-order valence-corrected chi connectivity index (χ2v) is 29.8. The average Bonchev–Trinajstić information content (AvgIpc) is 0.673. The molecule has 1 atom stereocenters. The Hall–Kier alpha value is -1.92. The van der Waals surface area contributed by atoms with Crippen LogP contribution in [0, 0.1) is 5.41 Å². The van der Waals surface area contributed by atoms with E-state index in [4.69, 9.17) is 58.7 Å². The Labute approximate surface area is 603 Å². The van der Waals surface area contributed by atoms with Gasteiger partial charge in [-0.05, 0) is 47.9 Å². The molecule has 1 unspecified atom stereocenters. The molecule has 0 fully saturated rings. The maximum Gasteiger partial charge on any atom is 0.324 e. The molecule has 4 aromatic carbocycles. The van der Waals surface area contributed by atoms with Crippen LogP contribution < -0.4 is 0 Å². The van der Waals surface area contributed by atoms with Crippen LogP contribution in [0.4, 0.5) is 0 Å². The third kappa shape index (κ3) is 43.4. The van der Waals surface area contributed by atoms with Gasteiger partial charge in [0.2, 0.25) is 0 Å². The smallest absolute Gasteiger partial charge is 0.324 e. The van der Waals surface area contributed by atoms with Crippen molar-refractivity contribution in [2.24, 2.45) is 5.41 Å². The van der Waals surface area contributed by atoms with Gasteiger partial charge in [0.15, 0.2) is 0 Å². The van der Waals surface area contributed by atoms with Gasteiger partial charge in [-0.2, -0.15) is 0 Å². The minimum absolute atomic E-state index is 0.362. The van der Waals surface area contributed by atoms with Crippen molar-refractivity contribution in [2.75, 3.05) is 0 Å². The van der Waals surface area contributed by atoms with Gasteiger partial charge in [0.05, 0.1) is 11.0 Å². The van der Waals surface area contributed by atoms with E-state index in [1.54, 1.807) is 0 Å². The molecule has 98 heavy (non-hydrogen) atoms. The molecular formula is C81H144O13P4. The van der Waals surface area contributed by atoms with Crippen LogP contribution >= 0.6 is 34.4 Å². The predicted octanol–water partition coefficient (Wildman–Crippen LogP) is 23.3. The first-order valence-electron chi connectivity index (χ1n) is 38.8. The number of hydrogen-bond acceptors (Lipinski definition) is 13.